The van der Waals surface area contributed by atoms with Crippen molar-refractivity contribution in [3.05, 3.63) is 0 Å². The molecule has 0 amide bonds. The summed E-state index contributed by atoms with van der Waals surface area (Å²) in [6.45, 7) is 2.59. The zero-order chi connectivity index (χ0) is 13.4. The van der Waals surface area contributed by atoms with E-state index in [9.17, 15) is 14.7 Å². The normalized spacial score (nSPS) is 20.8. The van der Waals surface area contributed by atoms with Crippen LogP contribution in [0.25, 0.3) is 0 Å². The van der Waals surface area contributed by atoms with E-state index in [1.807, 2.05) is 0 Å². The molecule has 2 unspecified atom stereocenters. The minimum absolute atomic E-state index is 0.0113. The van der Waals surface area contributed by atoms with Gasteiger partial charge in [-0.3, -0.25) is 9.59 Å². The Bertz CT molecular complexity index is 275. The van der Waals surface area contributed by atoms with Crippen molar-refractivity contribution in [2.45, 2.75) is 64.4 Å². The lowest BCUT2D eigenvalue weighted by Gasteiger charge is -2.09. The summed E-state index contributed by atoms with van der Waals surface area (Å²) in [5.41, 5.74) is 0. The third kappa shape index (κ3) is 5.63. The number of Topliss-reactive ketones (excluding diaryl/α,β-unsaturated/α-hetero) is 1. The number of carbonyl (C=O) groups excluding carboxylic acids is 2. The Kier molecular flexibility index (Phi) is 6.94. The third-order valence-corrected chi connectivity index (χ3v) is 3.41. The molecule has 1 saturated heterocycles. The van der Waals surface area contributed by atoms with Gasteiger partial charge >= 0.3 is 5.97 Å². The second-order valence-electron chi connectivity index (χ2n) is 5.08. The summed E-state index contributed by atoms with van der Waals surface area (Å²) < 4.78 is 4.87. The summed E-state index contributed by atoms with van der Waals surface area (Å²) in [4.78, 5) is 22.8. The molecule has 4 heteroatoms. The maximum atomic E-state index is 11.6. The number of ether oxygens (including phenoxy) is 1. The van der Waals surface area contributed by atoms with Gasteiger partial charge in [0.05, 0.1) is 18.6 Å². The molecule has 0 aromatic carbocycles. The summed E-state index contributed by atoms with van der Waals surface area (Å²) in [6.07, 6.45) is 5.17. The fourth-order valence-electron chi connectivity index (χ4n) is 2.25. The molecule has 1 N–H and O–H groups in total. The molecule has 0 aliphatic carbocycles. The fraction of sp³-hybridized carbons (Fsp3) is 0.857. The highest BCUT2D eigenvalue weighted by molar-refractivity contribution is 5.79. The van der Waals surface area contributed by atoms with Gasteiger partial charge in [0.15, 0.2) is 0 Å². The number of unbranched alkanes of at least 4 members (excludes halogenated alkanes) is 1. The number of carbonyl (C=O) groups is 2. The molecule has 104 valence electrons. The molecule has 1 aliphatic heterocycles. The summed E-state index contributed by atoms with van der Waals surface area (Å²) >= 11 is 0. The lowest BCUT2D eigenvalue weighted by Crippen LogP contribution is -2.14. The Morgan fingerprint density at radius 1 is 1.50 bits per heavy atom. The Balaban J connectivity index is 2.07. The van der Waals surface area contributed by atoms with E-state index in [-0.39, 0.29) is 24.1 Å². The van der Waals surface area contributed by atoms with Gasteiger partial charge in [-0.1, -0.05) is 19.8 Å². The summed E-state index contributed by atoms with van der Waals surface area (Å²) in [7, 11) is 0. The van der Waals surface area contributed by atoms with E-state index in [2.05, 4.69) is 6.92 Å². The van der Waals surface area contributed by atoms with Crippen LogP contribution in [0.1, 0.15) is 58.3 Å². The quantitative estimate of drug-likeness (QED) is 0.642. The first-order valence-electron chi connectivity index (χ1n) is 7.00. The molecule has 1 fully saturated rings. The van der Waals surface area contributed by atoms with E-state index in [1.54, 1.807) is 0 Å². The number of cyclic esters (lactones) is 1. The van der Waals surface area contributed by atoms with Gasteiger partial charge in [0.1, 0.15) is 5.78 Å². The van der Waals surface area contributed by atoms with Crippen molar-refractivity contribution in [1.82, 2.24) is 0 Å². The third-order valence-electron chi connectivity index (χ3n) is 3.41. The highest BCUT2D eigenvalue weighted by Crippen LogP contribution is 2.21. The van der Waals surface area contributed by atoms with Crippen molar-refractivity contribution in [1.29, 1.82) is 0 Å². The lowest BCUT2D eigenvalue weighted by atomic mass is 9.98. The smallest absolute Gasteiger partial charge is 0.309 e. The van der Waals surface area contributed by atoms with Crippen LogP contribution in [0.3, 0.4) is 0 Å². The van der Waals surface area contributed by atoms with Crippen molar-refractivity contribution in [2.24, 2.45) is 5.92 Å². The first kappa shape index (κ1) is 15.2. The molecule has 0 bridgehead atoms. The van der Waals surface area contributed by atoms with E-state index in [0.717, 1.165) is 32.1 Å². The van der Waals surface area contributed by atoms with E-state index in [0.29, 0.717) is 19.4 Å². The molecule has 1 heterocycles. The SMILES string of the molecule is CCCCC(O)CC(=O)CCCC1CCOC1=O. The van der Waals surface area contributed by atoms with Crippen LogP contribution >= 0.6 is 0 Å². The number of esters is 1. The Morgan fingerprint density at radius 3 is 2.89 bits per heavy atom. The zero-order valence-corrected chi connectivity index (χ0v) is 11.2. The molecular formula is C14H24O4. The van der Waals surface area contributed by atoms with Crippen LogP contribution in [0.2, 0.25) is 0 Å². The Hall–Kier alpha value is -0.900. The number of ketones is 1. The molecule has 0 aromatic rings. The van der Waals surface area contributed by atoms with Crippen molar-refractivity contribution in [2.75, 3.05) is 6.61 Å². The van der Waals surface area contributed by atoms with Crippen molar-refractivity contribution < 1.29 is 19.4 Å². The van der Waals surface area contributed by atoms with Gasteiger partial charge in [-0.25, -0.2) is 0 Å². The van der Waals surface area contributed by atoms with Gasteiger partial charge in [-0.15, -0.1) is 0 Å². The van der Waals surface area contributed by atoms with Gasteiger partial charge in [-0.05, 0) is 25.7 Å². The van der Waals surface area contributed by atoms with E-state index >= 15 is 0 Å². The van der Waals surface area contributed by atoms with Crippen LogP contribution in [-0.4, -0.2) is 29.6 Å². The van der Waals surface area contributed by atoms with Crippen molar-refractivity contribution in [3.63, 3.8) is 0 Å². The Labute approximate surface area is 109 Å². The van der Waals surface area contributed by atoms with Gasteiger partial charge < -0.3 is 9.84 Å². The zero-order valence-electron chi connectivity index (χ0n) is 11.2. The number of aliphatic hydroxyl groups excluding tert-OH is 1. The first-order valence-corrected chi connectivity index (χ1v) is 7.00. The van der Waals surface area contributed by atoms with Crippen molar-refractivity contribution in [3.8, 4) is 0 Å². The Morgan fingerprint density at radius 2 is 2.28 bits per heavy atom. The highest BCUT2D eigenvalue weighted by Gasteiger charge is 2.25. The number of rotatable bonds is 9. The van der Waals surface area contributed by atoms with Crippen LogP contribution in [-0.2, 0) is 14.3 Å². The monoisotopic (exact) mass is 256 g/mol. The van der Waals surface area contributed by atoms with E-state index < -0.39 is 6.10 Å². The van der Waals surface area contributed by atoms with E-state index in [4.69, 9.17) is 4.74 Å². The van der Waals surface area contributed by atoms with Gasteiger partial charge in [0, 0.05) is 12.8 Å². The maximum absolute atomic E-state index is 11.6. The predicted octanol–water partition coefficient (Wildman–Crippen LogP) is 2.23. The summed E-state index contributed by atoms with van der Waals surface area (Å²) in [5.74, 6) is -0.0294. The summed E-state index contributed by atoms with van der Waals surface area (Å²) in [5, 5.41) is 9.61. The predicted molar refractivity (Wildman–Crippen MR) is 68.1 cm³/mol. The number of aliphatic hydroxyl groups is 1. The fourth-order valence-corrected chi connectivity index (χ4v) is 2.25. The van der Waals surface area contributed by atoms with Crippen LogP contribution < -0.4 is 0 Å². The summed E-state index contributed by atoms with van der Waals surface area (Å²) in [6, 6.07) is 0. The average Bonchev–Trinajstić information content (AvgIpc) is 2.72. The minimum atomic E-state index is -0.492. The molecule has 2 atom stereocenters. The van der Waals surface area contributed by atoms with Crippen LogP contribution in [0, 0.1) is 5.92 Å². The molecule has 4 nitrogen and oxygen atoms in total. The maximum Gasteiger partial charge on any atom is 0.309 e. The minimum Gasteiger partial charge on any atom is -0.465 e. The largest absolute Gasteiger partial charge is 0.465 e. The highest BCUT2D eigenvalue weighted by atomic mass is 16.5. The van der Waals surface area contributed by atoms with E-state index in [1.165, 1.54) is 0 Å². The van der Waals surface area contributed by atoms with Crippen LogP contribution in [0.4, 0.5) is 0 Å². The molecule has 1 rings (SSSR count). The van der Waals surface area contributed by atoms with Crippen LogP contribution in [0.15, 0.2) is 0 Å². The molecule has 1 aliphatic rings. The van der Waals surface area contributed by atoms with Crippen LogP contribution in [0.5, 0.6) is 0 Å². The molecule has 0 radical (unpaired) electrons. The van der Waals surface area contributed by atoms with Gasteiger partial charge in [-0.2, -0.15) is 0 Å². The topological polar surface area (TPSA) is 63.6 Å². The van der Waals surface area contributed by atoms with Crippen molar-refractivity contribution >= 4 is 11.8 Å². The second-order valence-corrected chi connectivity index (χ2v) is 5.08. The van der Waals surface area contributed by atoms with Gasteiger partial charge in [0.25, 0.3) is 0 Å². The second kappa shape index (κ2) is 8.25. The first-order chi connectivity index (χ1) is 8.63. The number of hydrogen-bond acceptors (Lipinski definition) is 4. The molecule has 0 spiro atoms. The lowest BCUT2D eigenvalue weighted by molar-refractivity contribution is -0.141. The molecule has 0 aromatic heterocycles. The standard InChI is InChI=1S/C14H24O4/c1-2-3-6-12(15)10-13(16)7-4-5-11-8-9-18-14(11)17/h11-12,15H,2-10H2,1H3. The molecule has 18 heavy (non-hydrogen) atoms. The van der Waals surface area contributed by atoms with Gasteiger partial charge in [0.2, 0.25) is 0 Å². The number of hydrogen-bond donors (Lipinski definition) is 1. The molecular weight excluding hydrogens is 232 g/mol. The average molecular weight is 256 g/mol. The molecule has 0 saturated carbocycles.